The van der Waals surface area contributed by atoms with Gasteiger partial charge in [-0.1, -0.05) is 35.5 Å². The summed E-state index contributed by atoms with van der Waals surface area (Å²) in [4.78, 5) is 0. The number of nitrogens with one attached hydrogen (secondary N) is 2. The first kappa shape index (κ1) is 15.2. The molecule has 0 aromatic heterocycles. The molecule has 0 aliphatic rings. The van der Waals surface area contributed by atoms with Crippen molar-refractivity contribution in [3.05, 3.63) is 42.6 Å². The second-order valence-electron chi connectivity index (χ2n) is 3.20. The van der Waals surface area contributed by atoms with Crippen LogP contribution in [0.5, 0.6) is 0 Å². The van der Waals surface area contributed by atoms with Crippen LogP contribution < -0.4 is 10.6 Å². The molecule has 80 valence electrons. The van der Waals surface area contributed by atoms with Crippen molar-refractivity contribution >= 4 is 17.3 Å². The minimum absolute atomic E-state index is 0. The van der Waals surface area contributed by atoms with Crippen LogP contribution in [0.2, 0.25) is 5.02 Å². The summed E-state index contributed by atoms with van der Waals surface area (Å²) < 4.78 is 0. The third-order valence-electron chi connectivity index (χ3n) is 1.88. The van der Waals surface area contributed by atoms with E-state index in [0.717, 1.165) is 17.8 Å². The van der Waals surface area contributed by atoms with Crippen molar-refractivity contribution in [1.29, 1.82) is 0 Å². The zero-order chi connectivity index (χ0) is 10.6. The SMILES string of the molecule is [CH2-]c1cc(Cl)ccc1NC([CH2-])CNC.[U+2]. The van der Waals surface area contributed by atoms with E-state index in [2.05, 4.69) is 24.5 Å². The van der Waals surface area contributed by atoms with Crippen molar-refractivity contribution in [2.24, 2.45) is 0 Å². The molecule has 0 aliphatic carbocycles. The van der Waals surface area contributed by atoms with E-state index in [4.69, 9.17) is 11.6 Å². The number of halogens is 1. The van der Waals surface area contributed by atoms with Gasteiger partial charge < -0.3 is 17.6 Å². The van der Waals surface area contributed by atoms with Crippen LogP contribution in [-0.2, 0) is 0 Å². The minimum atomic E-state index is 0. The maximum absolute atomic E-state index is 5.82. The Morgan fingerprint density at radius 1 is 1.47 bits per heavy atom. The quantitative estimate of drug-likeness (QED) is 0.691. The summed E-state index contributed by atoms with van der Waals surface area (Å²) in [6.07, 6.45) is 0. The second-order valence-corrected chi connectivity index (χ2v) is 3.64. The Balaban J connectivity index is 0.00000196. The second kappa shape index (κ2) is 7.46. The fourth-order valence-electron chi connectivity index (χ4n) is 1.22. The molecule has 1 rings (SSSR count). The maximum atomic E-state index is 5.82. The van der Waals surface area contributed by atoms with Gasteiger partial charge in [-0.15, -0.1) is 6.07 Å². The van der Waals surface area contributed by atoms with Crippen LogP contribution in [0.3, 0.4) is 0 Å². The van der Waals surface area contributed by atoms with E-state index in [1.165, 1.54) is 0 Å². The van der Waals surface area contributed by atoms with Crippen molar-refractivity contribution < 1.29 is 31.1 Å². The van der Waals surface area contributed by atoms with Gasteiger partial charge in [0.25, 0.3) is 0 Å². The molecule has 15 heavy (non-hydrogen) atoms. The van der Waals surface area contributed by atoms with Crippen molar-refractivity contribution in [3.63, 3.8) is 0 Å². The predicted octanol–water partition coefficient (Wildman–Crippen LogP) is 2.36. The largest absolute Gasteiger partial charge is 2.00 e. The monoisotopic (exact) mass is 448 g/mol. The van der Waals surface area contributed by atoms with Crippen molar-refractivity contribution in [1.82, 2.24) is 5.32 Å². The van der Waals surface area contributed by atoms with E-state index >= 15 is 0 Å². The first-order valence-electron chi connectivity index (χ1n) is 4.49. The molecule has 4 heteroatoms. The molecule has 2 nitrogen and oxygen atoms in total. The van der Waals surface area contributed by atoms with Gasteiger partial charge in [0, 0.05) is 0 Å². The molecule has 1 aromatic carbocycles. The average Bonchev–Trinajstić information content (AvgIpc) is 2.10. The summed E-state index contributed by atoms with van der Waals surface area (Å²) in [5, 5.41) is 6.99. The Morgan fingerprint density at radius 2 is 2.13 bits per heavy atom. The van der Waals surface area contributed by atoms with Gasteiger partial charge in [0.2, 0.25) is 0 Å². The molecular formula is C11H15ClN2U. The van der Waals surface area contributed by atoms with Crippen LogP contribution in [0.1, 0.15) is 5.56 Å². The maximum Gasteiger partial charge on any atom is 2.00 e. The molecule has 0 spiro atoms. The van der Waals surface area contributed by atoms with Gasteiger partial charge >= 0.3 is 31.1 Å². The average molecular weight is 449 g/mol. The summed E-state index contributed by atoms with van der Waals surface area (Å²) >= 11 is 5.82. The van der Waals surface area contributed by atoms with E-state index < -0.39 is 0 Å². The van der Waals surface area contributed by atoms with Crippen molar-refractivity contribution in [2.45, 2.75) is 6.04 Å². The molecule has 0 bridgehead atoms. The van der Waals surface area contributed by atoms with Crippen LogP contribution in [0.4, 0.5) is 5.69 Å². The predicted molar refractivity (Wildman–Crippen MR) is 62.6 cm³/mol. The van der Waals surface area contributed by atoms with Gasteiger partial charge in [-0.25, -0.2) is 0 Å². The zero-order valence-corrected chi connectivity index (χ0v) is 13.7. The van der Waals surface area contributed by atoms with E-state index in [1.807, 2.05) is 25.2 Å². The van der Waals surface area contributed by atoms with Gasteiger partial charge in [-0.3, -0.25) is 0 Å². The van der Waals surface area contributed by atoms with Crippen LogP contribution >= 0.6 is 11.6 Å². The topological polar surface area (TPSA) is 24.1 Å². The van der Waals surface area contributed by atoms with E-state index in [-0.39, 0.29) is 37.2 Å². The van der Waals surface area contributed by atoms with Gasteiger partial charge in [-0.05, 0) is 18.6 Å². The van der Waals surface area contributed by atoms with Gasteiger partial charge in [0.05, 0.1) is 0 Å². The summed E-state index contributed by atoms with van der Waals surface area (Å²) in [6.45, 7) is 8.66. The van der Waals surface area contributed by atoms with Crippen LogP contribution in [0, 0.1) is 45.0 Å². The number of benzene rings is 1. The fourth-order valence-corrected chi connectivity index (χ4v) is 1.42. The van der Waals surface area contributed by atoms with Crippen LogP contribution in [0.25, 0.3) is 0 Å². The van der Waals surface area contributed by atoms with E-state index in [1.54, 1.807) is 0 Å². The number of hydrogen-bond donors (Lipinski definition) is 2. The van der Waals surface area contributed by atoms with Gasteiger partial charge in [0.15, 0.2) is 0 Å². The minimum Gasteiger partial charge on any atom is -0.461 e. The molecule has 0 radical (unpaired) electrons. The molecule has 0 heterocycles. The standard InChI is InChI=1S/C11H15ClN2.U/c1-8-6-10(12)4-5-11(8)14-9(2)7-13-3;/h4-6,9,13-14H,1-2,7H2,3H3;/q-2;+2. The fraction of sp³-hybridized carbons (Fsp3) is 0.273. The van der Waals surface area contributed by atoms with E-state index in [9.17, 15) is 0 Å². The number of hydrogen-bond acceptors (Lipinski definition) is 2. The summed E-state index contributed by atoms with van der Waals surface area (Å²) in [5.74, 6) is 0. The Morgan fingerprint density at radius 3 is 2.67 bits per heavy atom. The molecule has 1 unspecified atom stereocenters. The normalized spacial score (nSPS) is 11.7. The van der Waals surface area contributed by atoms with Crippen LogP contribution in [0.15, 0.2) is 18.2 Å². The molecule has 1 aromatic rings. The zero-order valence-electron chi connectivity index (χ0n) is 8.81. The number of likely N-dealkylation sites (N-methyl/N-ethyl adjacent to an activating group) is 1. The third-order valence-corrected chi connectivity index (χ3v) is 2.11. The molecular weight excluding hydrogens is 434 g/mol. The van der Waals surface area contributed by atoms with Gasteiger partial charge in [-0.2, -0.15) is 12.5 Å². The first-order chi connectivity index (χ1) is 6.63. The van der Waals surface area contributed by atoms with Crippen LogP contribution in [-0.4, -0.2) is 19.6 Å². The van der Waals surface area contributed by atoms with Crippen molar-refractivity contribution in [2.75, 3.05) is 18.9 Å². The smallest absolute Gasteiger partial charge is 0.461 e. The van der Waals surface area contributed by atoms with E-state index in [0.29, 0.717) is 5.02 Å². The Kier molecular flexibility index (Phi) is 7.56. The Hall–Kier alpha value is 0.192. The number of anilines is 1. The molecule has 0 fully saturated rings. The first-order valence-corrected chi connectivity index (χ1v) is 4.87. The molecule has 1 atom stereocenters. The molecule has 2 N–H and O–H groups in total. The third kappa shape index (κ3) is 5.17. The summed E-state index contributed by atoms with van der Waals surface area (Å²) in [6, 6.07) is 5.71. The van der Waals surface area contributed by atoms with Gasteiger partial charge in [0.1, 0.15) is 0 Å². The summed E-state index contributed by atoms with van der Waals surface area (Å²) in [7, 11) is 1.90. The molecule has 0 aliphatic heterocycles. The molecule has 0 saturated carbocycles. The number of rotatable bonds is 4. The van der Waals surface area contributed by atoms with Crippen molar-refractivity contribution in [3.8, 4) is 0 Å². The molecule has 0 amide bonds. The Bertz CT molecular complexity index is 305. The Labute approximate surface area is 121 Å². The summed E-state index contributed by atoms with van der Waals surface area (Å²) in [5.41, 5.74) is 1.87. The molecule has 0 saturated heterocycles.